The number of aliphatic carboxylic acids is 1. The fourth-order valence-corrected chi connectivity index (χ4v) is 6.53. The number of allylic oxidation sites excluding steroid dienone is 1. The Bertz CT molecular complexity index is 1160. The zero-order valence-electron chi connectivity index (χ0n) is 26.7. The van der Waals surface area contributed by atoms with Gasteiger partial charge < -0.3 is 69.3 Å². The summed E-state index contributed by atoms with van der Waals surface area (Å²) in [6, 6.07) is 0. The number of carboxylic acid groups (broad SMARTS) is 1. The van der Waals surface area contributed by atoms with Gasteiger partial charge in [-0.05, 0) is 51.9 Å². The maximum atomic E-state index is 12.5. The van der Waals surface area contributed by atoms with Crippen molar-refractivity contribution in [1.29, 1.82) is 0 Å². The molecule has 4 aliphatic rings. The van der Waals surface area contributed by atoms with Crippen molar-refractivity contribution in [1.82, 2.24) is 0 Å². The Morgan fingerprint density at radius 1 is 1.09 bits per heavy atom. The monoisotopic (exact) mass is 676 g/mol. The van der Waals surface area contributed by atoms with Crippen molar-refractivity contribution in [3.63, 3.8) is 0 Å². The summed E-state index contributed by atoms with van der Waals surface area (Å²) in [6.07, 6.45) is -7.54. The lowest BCUT2D eigenvalue weighted by Crippen LogP contribution is -2.62. The Kier molecular flexibility index (Phi) is 12.4. The summed E-state index contributed by atoms with van der Waals surface area (Å²) < 4.78 is 33.8. The molecule has 3 heterocycles. The van der Waals surface area contributed by atoms with Gasteiger partial charge in [0.05, 0.1) is 36.6 Å². The van der Waals surface area contributed by atoms with Crippen LogP contribution in [0.15, 0.2) is 23.5 Å². The Labute approximate surface area is 272 Å². The molecule has 0 aromatic heterocycles. The highest BCUT2D eigenvalue weighted by atomic mass is 16.8. The van der Waals surface area contributed by atoms with Crippen molar-refractivity contribution < 1.29 is 78.9 Å². The van der Waals surface area contributed by atoms with Gasteiger partial charge in [0, 0.05) is 18.1 Å². The summed E-state index contributed by atoms with van der Waals surface area (Å²) in [5.74, 6) is -3.19. The standard InChI is InChI=1S/C31H48O16/c1-15(8-10-32)5-4-6-16(2)26(39)43-13-31(41)14-44-29(24(31)36)46-23-22(35)21(34)19(11-33)45-28(23)47-27-20-17(7-9-30(20,3)40)18(12-42-27)25(37)38/h6,12,15,17,19-24,27-29,32-36,40-41H,4-5,7-11,13-14H2,1-3H3,(H,37,38)/t15?,17?,19?,20?,21?,22?,23?,24?,27-,28?,29?,30?,31?/m0/s1. The van der Waals surface area contributed by atoms with Gasteiger partial charge in [-0.25, -0.2) is 9.59 Å². The second-order valence-corrected chi connectivity index (χ2v) is 13.2. The van der Waals surface area contributed by atoms with E-state index in [9.17, 15) is 45.3 Å². The molecule has 47 heavy (non-hydrogen) atoms. The van der Waals surface area contributed by atoms with E-state index in [0.29, 0.717) is 24.8 Å². The van der Waals surface area contributed by atoms with Crippen LogP contribution in [0.3, 0.4) is 0 Å². The predicted molar refractivity (Wildman–Crippen MR) is 157 cm³/mol. The lowest BCUT2D eigenvalue weighted by atomic mass is 9.81. The Morgan fingerprint density at radius 3 is 2.47 bits per heavy atom. The van der Waals surface area contributed by atoms with Crippen LogP contribution in [-0.2, 0) is 38.0 Å². The summed E-state index contributed by atoms with van der Waals surface area (Å²) in [4.78, 5) is 24.3. The summed E-state index contributed by atoms with van der Waals surface area (Å²) in [5, 5.41) is 83.1. The van der Waals surface area contributed by atoms with Crippen LogP contribution in [-0.4, -0.2) is 140 Å². The van der Waals surface area contributed by atoms with Crippen molar-refractivity contribution in [3.05, 3.63) is 23.5 Å². The first-order chi connectivity index (χ1) is 22.1. The lowest BCUT2D eigenvalue weighted by Gasteiger charge is -2.45. The average molecular weight is 677 g/mol. The first-order valence-electron chi connectivity index (χ1n) is 15.8. The zero-order valence-corrected chi connectivity index (χ0v) is 26.7. The molecule has 0 aromatic carbocycles. The third-order valence-corrected chi connectivity index (χ3v) is 9.58. The van der Waals surface area contributed by atoms with Crippen molar-refractivity contribution in [2.45, 2.75) is 113 Å². The molecular weight excluding hydrogens is 628 g/mol. The van der Waals surface area contributed by atoms with Crippen LogP contribution in [0.2, 0.25) is 0 Å². The molecule has 0 spiro atoms. The molecule has 16 heteroatoms. The van der Waals surface area contributed by atoms with E-state index in [1.54, 1.807) is 13.0 Å². The van der Waals surface area contributed by atoms with Crippen LogP contribution >= 0.6 is 0 Å². The quantitative estimate of drug-likeness (QED) is 0.0783. The fraction of sp³-hybridized carbons (Fsp3) is 0.806. The van der Waals surface area contributed by atoms with Gasteiger partial charge in [0.25, 0.3) is 0 Å². The number of fused-ring (bicyclic) bond motifs is 1. The molecule has 13 atom stereocenters. The minimum atomic E-state index is -2.11. The predicted octanol–water partition coefficient (Wildman–Crippen LogP) is -1.33. The van der Waals surface area contributed by atoms with Crippen LogP contribution in [0.4, 0.5) is 0 Å². The number of aliphatic hydroxyl groups is 7. The van der Waals surface area contributed by atoms with E-state index in [4.69, 9.17) is 33.5 Å². The van der Waals surface area contributed by atoms with Crippen molar-refractivity contribution in [3.8, 4) is 0 Å². The van der Waals surface area contributed by atoms with Gasteiger partial charge in [0.2, 0.25) is 6.29 Å². The molecule has 4 rings (SSSR count). The number of carboxylic acids is 1. The van der Waals surface area contributed by atoms with Crippen LogP contribution in [0.5, 0.6) is 0 Å². The number of aliphatic hydroxyl groups excluding tert-OH is 5. The van der Waals surface area contributed by atoms with E-state index in [1.165, 1.54) is 6.92 Å². The number of rotatable bonds is 14. The maximum Gasteiger partial charge on any atom is 0.334 e. The van der Waals surface area contributed by atoms with E-state index in [1.807, 2.05) is 6.92 Å². The van der Waals surface area contributed by atoms with Gasteiger partial charge >= 0.3 is 11.9 Å². The first-order valence-corrected chi connectivity index (χ1v) is 15.8. The minimum absolute atomic E-state index is 0.0468. The molecule has 3 aliphatic heterocycles. The lowest BCUT2D eigenvalue weighted by molar-refractivity contribution is -0.368. The number of ether oxygens (including phenoxy) is 6. The van der Waals surface area contributed by atoms with Crippen LogP contribution in [0, 0.1) is 17.8 Å². The van der Waals surface area contributed by atoms with Gasteiger partial charge in [0.1, 0.15) is 37.1 Å². The van der Waals surface area contributed by atoms with Crippen molar-refractivity contribution in [2.75, 3.05) is 26.4 Å². The molecule has 268 valence electrons. The fourth-order valence-electron chi connectivity index (χ4n) is 6.53. The summed E-state index contributed by atoms with van der Waals surface area (Å²) in [7, 11) is 0. The van der Waals surface area contributed by atoms with E-state index in [2.05, 4.69) is 0 Å². The molecule has 0 aromatic rings. The Hall–Kier alpha value is -2.22. The summed E-state index contributed by atoms with van der Waals surface area (Å²) in [5.41, 5.74) is -3.28. The van der Waals surface area contributed by atoms with Crippen molar-refractivity contribution in [2.24, 2.45) is 17.8 Å². The smallest absolute Gasteiger partial charge is 0.334 e. The second kappa shape index (κ2) is 15.6. The zero-order chi connectivity index (χ0) is 34.7. The van der Waals surface area contributed by atoms with Crippen LogP contribution in [0.25, 0.3) is 0 Å². The van der Waals surface area contributed by atoms with Gasteiger partial charge in [-0.1, -0.05) is 13.0 Å². The van der Waals surface area contributed by atoms with Gasteiger partial charge in [-0.2, -0.15) is 0 Å². The van der Waals surface area contributed by atoms with Gasteiger partial charge in [0.15, 0.2) is 18.2 Å². The van der Waals surface area contributed by atoms with E-state index < -0.39 is 104 Å². The molecular formula is C31H48O16. The second-order valence-electron chi connectivity index (χ2n) is 13.2. The van der Waals surface area contributed by atoms with Gasteiger partial charge in [-0.3, -0.25) is 0 Å². The molecule has 1 saturated carbocycles. The van der Waals surface area contributed by atoms with E-state index in [-0.39, 0.29) is 24.5 Å². The highest BCUT2D eigenvalue weighted by molar-refractivity contribution is 5.88. The molecule has 8 N–H and O–H groups in total. The maximum absolute atomic E-state index is 12.5. The number of hydrogen-bond donors (Lipinski definition) is 8. The Morgan fingerprint density at radius 2 is 1.81 bits per heavy atom. The molecule has 0 amide bonds. The number of hydrogen-bond acceptors (Lipinski definition) is 15. The first kappa shape index (κ1) is 37.6. The molecule has 3 fully saturated rings. The minimum Gasteiger partial charge on any atom is -0.478 e. The van der Waals surface area contributed by atoms with Crippen LogP contribution in [0.1, 0.15) is 52.9 Å². The number of esters is 1. The summed E-state index contributed by atoms with van der Waals surface area (Å²) >= 11 is 0. The topological polar surface area (TPSA) is 251 Å². The average Bonchev–Trinajstić information content (AvgIpc) is 3.50. The Balaban J connectivity index is 1.43. The molecule has 12 unspecified atom stereocenters. The highest BCUT2D eigenvalue weighted by Gasteiger charge is 2.58. The van der Waals surface area contributed by atoms with Crippen molar-refractivity contribution >= 4 is 11.9 Å². The molecule has 0 radical (unpaired) electrons. The normalized spacial score (nSPS) is 41.1. The van der Waals surface area contributed by atoms with Crippen LogP contribution < -0.4 is 0 Å². The largest absolute Gasteiger partial charge is 0.478 e. The SMILES string of the molecule is CC(=CCCC(C)CCO)C(=O)OCC1(O)COC(OC2C(O[C@@H]3OC=C(C(=O)O)C4CCC(C)(O)C43)OC(CO)C(O)C2O)C1O. The molecule has 1 aliphatic carbocycles. The number of carbonyl (C=O) groups is 2. The molecule has 0 bridgehead atoms. The third kappa shape index (κ3) is 8.33. The summed E-state index contributed by atoms with van der Waals surface area (Å²) in [6.45, 7) is 3.20. The highest BCUT2D eigenvalue weighted by Crippen LogP contribution is 2.49. The van der Waals surface area contributed by atoms with E-state index >= 15 is 0 Å². The van der Waals surface area contributed by atoms with Gasteiger partial charge in [-0.15, -0.1) is 0 Å². The van der Waals surface area contributed by atoms with E-state index in [0.717, 1.165) is 12.7 Å². The number of carbonyl (C=O) groups excluding carboxylic acids is 1. The molecule has 16 nitrogen and oxygen atoms in total. The third-order valence-electron chi connectivity index (χ3n) is 9.58. The molecule has 2 saturated heterocycles.